The van der Waals surface area contributed by atoms with Crippen molar-refractivity contribution in [2.24, 2.45) is 0 Å². The molecule has 5 aromatic rings. The van der Waals surface area contributed by atoms with Crippen LogP contribution >= 0.6 is 0 Å². The van der Waals surface area contributed by atoms with Gasteiger partial charge in [0.2, 0.25) is 0 Å². The molecule has 0 radical (unpaired) electrons. The zero-order valence-electron chi connectivity index (χ0n) is 22.7. The van der Waals surface area contributed by atoms with E-state index in [0.717, 1.165) is 34.0 Å². The summed E-state index contributed by atoms with van der Waals surface area (Å²) in [6.45, 7) is 9.21. The monoisotopic (exact) mass is 524 g/mol. The van der Waals surface area contributed by atoms with Crippen molar-refractivity contribution >= 4 is 10.9 Å². The summed E-state index contributed by atoms with van der Waals surface area (Å²) in [7, 11) is 0. The fourth-order valence-electron chi connectivity index (χ4n) is 4.93. The summed E-state index contributed by atoms with van der Waals surface area (Å²) in [5.74, 6) is 0.289. The van der Waals surface area contributed by atoms with Gasteiger partial charge in [-0.05, 0) is 77.9 Å². The molecule has 3 aromatic carbocycles. The number of para-hydroxylation sites is 1. The molecule has 0 saturated heterocycles. The summed E-state index contributed by atoms with van der Waals surface area (Å²) < 4.78 is 15.6. The second-order valence-corrected chi connectivity index (χ2v) is 10.6. The standard InChI is InChI=1S/C31H33FN6O/c1-5-31(3,4)38-29(34-35-36-38)28(26-18-24-13-9-10-21(2)27(24)33-30(26)39)37(19-22-11-7-6-8-12-22)20-23-14-16-25(32)17-15-23/h6-18,28H,5,19-20H2,1-4H3,(H,33,39)/t28-/m0/s1. The first-order valence-corrected chi connectivity index (χ1v) is 13.2. The Morgan fingerprint density at radius 1 is 0.974 bits per heavy atom. The molecule has 0 spiro atoms. The van der Waals surface area contributed by atoms with E-state index in [1.54, 1.807) is 12.1 Å². The first kappa shape index (κ1) is 26.4. The summed E-state index contributed by atoms with van der Waals surface area (Å²) >= 11 is 0. The van der Waals surface area contributed by atoms with Crippen molar-refractivity contribution in [3.8, 4) is 0 Å². The normalized spacial score (nSPS) is 12.8. The number of hydrogen-bond acceptors (Lipinski definition) is 5. The van der Waals surface area contributed by atoms with Gasteiger partial charge in [-0.1, -0.05) is 67.6 Å². The van der Waals surface area contributed by atoms with Gasteiger partial charge in [0.15, 0.2) is 5.82 Å². The highest BCUT2D eigenvalue weighted by atomic mass is 19.1. The van der Waals surface area contributed by atoms with E-state index in [0.29, 0.717) is 24.5 Å². The Bertz CT molecular complexity index is 1630. The smallest absolute Gasteiger partial charge is 0.253 e. The molecule has 1 N–H and O–H groups in total. The number of nitrogens with zero attached hydrogens (tertiary/aromatic N) is 5. The van der Waals surface area contributed by atoms with E-state index in [-0.39, 0.29) is 16.9 Å². The Balaban J connectivity index is 1.74. The lowest BCUT2D eigenvalue weighted by molar-refractivity contribution is 0.180. The lowest BCUT2D eigenvalue weighted by Gasteiger charge is -2.33. The van der Waals surface area contributed by atoms with Crippen LogP contribution in [0.2, 0.25) is 0 Å². The maximum atomic E-state index is 13.8. The number of rotatable bonds is 9. The second-order valence-electron chi connectivity index (χ2n) is 10.6. The minimum Gasteiger partial charge on any atom is -0.321 e. The Morgan fingerprint density at radius 2 is 1.67 bits per heavy atom. The molecule has 5 rings (SSSR count). The van der Waals surface area contributed by atoms with Gasteiger partial charge in [0, 0.05) is 18.7 Å². The zero-order chi connectivity index (χ0) is 27.6. The molecule has 200 valence electrons. The van der Waals surface area contributed by atoms with Crippen molar-refractivity contribution in [3.63, 3.8) is 0 Å². The molecule has 8 heteroatoms. The van der Waals surface area contributed by atoms with Gasteiger partial charge in [0.25, 0.3) is 5.56 Å². The summed E-state index contributed by atoms with van der Waals surface area (Å²) in [5, 5.41) is 13.9. The van der Waals surface area contributed by atoms with Crippen molar-refractivity contribution in [1.29, 1.82) is 0 Å². The molecule has 2 heterocycles. The third-order valence-corrected chi connectivity index (χ3v) is 7.48. The minimum atomic E-state index is -0.579. The van der Waals surface area contributed by atoms with E-state index in [1.807, 2.05) is 54.1 Å². The molecule has 0 aliphatic carbocycles. The quantitative estimate of drug-likeness (QED) is 0.260. The number of aromatic nitrogens is 5. The van der Waals surface area contributed by atoms with E-state index in [9.17, 15) is 9.18 Å². The first-order chi connectivity index (χ1) is 18.8. The van der Waals surface area contributed by atoms with Crippen LogP contribution in [0.4, 0.5) is 4.39 Å². The average molecular weight is 525 g/mol. The number of nitrogens with one attached hydrogen (secondary N) is 1. The predicted octanol–water partition coefficient (Wildman–Crippen LogP) is 5.90. The van der Waals surface area contributed by atoms with E-state index in [2.05, 4.69) is 58.3 Å². The van der Waals surface area contributed by atoms with E-state index in [1.165, 1.54) is 12.1 Å². The predicted molar refractivity (Wildman–Crippen MR) is 151 cm³/mol. The third kappa shape index (κ3) is 5.52. The number of hydrogen-bond donors (Lipinski definition) is 1. The Labute approximate surface area is 227 Å². The molecule has 0 fully saturated rings. The highest BCUT2D eigenvalue weighted by Gasteiger charge is 2.34. The first-order valence-electron chi connectivity index (χ1n) is 13.2. The summed E-state index contributed by atoms with van der Waals surface area (Å²) in [4.78, 5) is 19.1. The van der Waals surface area contributed by atoms with Crippen molar-refractivity contribution in [2.75, 3.05) is 0 Å². The van der Waals surface area contributed by atoms with Crippen molar-refractivity contribution in [2.45, 2.75) is 58.8 Å². The van der Waals surface area contributed by atoms with Crippen LogP contribution in [-0.4, -0.2) is 30.1 Å². The maximum absolute atomic E-state index is 13.8. The fraction of sp³-hybridized carbons (Fsp3) is 0.290. The molecular weight excluding hydrogens is 491 g/mol. The Hall–Kier alpha value is -4.17. The van der Waals surface area contributed by atoms with Crippen molar-refractivity contribution in [1.82, 2.24) is 30.1 Å². The van der Waals surface area contributed by atoms with Gasteiger partial charge in [-0.25, -0.2) is 9.07 Å². The molecule has 0 aliphatic heterocycles. The highest BCUT2D eigenvalue weighted by molar-refractivity contribution is 5.82. The van der Waals surface area contributed by atoms with Crippen LogP contribution in [0.25, 0.3) is 10.9 Å². The van der Waals surface area contributed by atoms with E-state index >= 15 is 0 Å². The molecule has 7 nitrogen and oxygen atoms in total. The van der Waals surface area contributed by atoms with Gasteiger partial charge in [-0.2, -0.15) is 0 Å². The van der Waals surface area contributed by atoms with Gasteiger partial charge in [0.05, 0.1) is 11.1 Å². The average Bonchev–Trinajstić information content (AvgIpc) is 3.42. The number of aromatic amines is 1. The third-order valence-electron chi connectivity index (χ3n) is 7.48. The van der Waals surface area contributed by atoms with Crippen molar-refractivity contribution < 1.29 is 4.39 Å². The lowest BCUT2D eigenvalue weighted by atomic mass is 9.98. The van der Waals surface area contributed by atoms with E-state index < -0.39 is 6.04 Å². The molecule has 0 unspecified atom stereocenters. The highest BCUT2D eigenvalue weighted by Crippen LogP contribution is 2.33. The molecule has 39 heavy (non-hydrogen) atoms. The molecule has 1 atom stereocenters. The zero-order valence-corrected chi connectivity index (χ0v) is 22.7. The van der Waals surface area contributed by atoms with Crippen molar-refractivity contribution in [3.05, 3.63) is 123 Å². The SMILES string of the molecule is CCC(C)(C)n1nnnc1[C@H](c1cc2cccc(C)c2[nH]c1=O)N(Cc1ccccc1)Cc1ccc(F)cc1. The van der Waals surface area contributed by atoms with E-state index in [4.69, 9.17) is 0 Å². The molecular formula is C31H33FN6O. The summed E-state index contributed by atoms with van der Waals surface area (Å²) in [6, 6.07) is 23.9. The number of pyridine rings is 1. The molecule has 0 saturated carbocycles. The second kappa shape index (κ2) is 10.9. The number of halogens is 1. The van der Waals surface area contributed by atoms with Crippen LogP contribution in [0, 0.1) is 12.7 Å². The van der Waals surface area contributed by atoms with Gasteiger partial charge in [-0.15, -0.1) is 5.10 Å². The summed E-state index contributed by atoms with van der Waals surface area (Å²) in [6.07, 6.45) is 0.793. The van der Waals surface area contributed by atoms with Gasteiger partial charge < -0.3 is 4.98 Å². The largest absolute Gasteiger partial charge is 0.321 e. The Morgan fingerprint density at radius 3 is 2.36 bits per heavy atom. The van der Waals surface area contributed by atoms with Crippen LogP contribution < -0.4 is 5.56 Å². The van der Waals surface area contributed by atoms with Crippen LogP contribution in [0.15, 0.2) is 83.7 Å². The van der Waals surface area contributed by atoms with Crippen LogP contribution in [-0.2, 0) is 18.6 Å². The van der Waals surface area contributed by atoms with Crippen LogP contribution in [0.1, 0.15) is 61.3 Å². The number of H-pyrrole nitrogens is 1. The minimum absolute atomic E-state index is 0.192. The molecule has 0 amide bonds. The number of aryl methyl sites for hydroxylation is 1. The summed E-state index contributed by atoms with van der Waals surface area (Å²) in [5.41, 5.74) is 3.78. The Kier molecular flexibility index (Phi) is 7.39. The van der Waals surface area contributed by atoms with Gasteiger partial charge >= 0.3 is 0 Å². The maximum Gasteiger partial charge on any atom is 0.253 e. The molecule has 2 aromatic heterocycles. The topological polar surface area (TPSA) is 79.7 Å². The van der Waals surface area contributed by atoms with Crippen LogP contribution in [0.3, 0.4) is 0 Å². The lowest BCUT2D eigenvalue weighted by Crippen LogP contribution is -2.38. The molecule has 0 aliphatic rings. The number of tetrazole rings is 1. The van der Waals surface area contributed by atoms with Crippen LogP contribution in [0.5, 0.6) is 0 Å². The number of benzene rings is 3. The fourth-order valence-corrected chi connectivity index (χ4v) is 4.93. The molecule has 0 bridgehead atoms. The van der Waals surface area contributed by atoms with Gasteiger partial charge in [0.1, 0.15) is 11.9 Å². The van der Waals surface area contributed by atoms with Gasteiger partial charge in [-0.3, -0.25) is 9.69 Å². The number of fused-ring (bicyclic) bond motifs is 1.